The average molecular weight is 359 g/mol. The number of amides is 1. The summed E-state index contributed by atoms with van der Waals surface area (Å²) < 4.78 is 5.32. The molecule has 1 aromatic heterocycles. The third-order valence-corrected chi connectivity index (χ3v) is 5.43. The number of aromatic nitrogens is 1. The highest BCUT2D eigenvalue weighted by Crippen LogP contribution is 2.22. The van der Waals surface area contributed by atoms with Gasteiger partial charge < -0.3 is 15.8 Å². The second-order valence-corrected chi connectivity index (χ2v) is 7.53. The molecule has 1 unspecified atom stereocenters. The van der Waals surface area contributed by atoms with E-state index >= 15 is 0 Å². The maximum Gasteiger partial charge on any atom is 0.237 e. The first-order valence-electron chi connectivity index (χ1n) is 8.76. The third-order valence-electron chi connectivity index (χ3n) is 4.66. The van der Waals surface area contributed by atoms with Gasteiger partial charge in [0.25, 0.3) is 0 Å². The van der Waals surface area contributed by atoms with E-state index in [2.05, 4.69) is 39.9 Å². The number of ether oxygens (including phenoxy) is 1. The van der Waals surface area contributed by atoms with Gasteiger partial charge in [0.1, 0.15) is 0 Å². The van der Waals surface area contributed by atoms with Crippen LogP contribution in [0.25, 0.3) is 11.3 Å². The number of rotatable bonds is 6. The van der Waals surface area contributed by atoms with Crippen molar-refractivity contribution in [3.05, 3.63) is 40.2 Å². The summed E-state index contributed by atoms with van der Waals surface area (Å²) in [5.41, 5.74) is 9.42. The second kappa shape index (κ2) is 8.56. The van der Waals surface area contributed by atoms with Crippen LogP contribution < -0.4 is 11.1 Å². The summed E-state index contributed by atoms with van der Waals surface area (Å²) in [7, 11) is 0. The first kappa shape index (κ1) is 18.0. The summed E-state index contributed by atoms with van der Waals surface area (Å²) in [5.74, 6) is 0.177. The Morgan fingerprint density at radius 2 is 2.08 bits per heavy atom. The molecule has 0 radical (unpaired) electrons. The molecule has 1 aliphatic rings. The van der Waals surface area contributed by atoms with Crippen molar-refractivity contribution in [3.63, 3.8) is 0 Å². The molecule has 0 spiro atoms. The fourth-order valence-electron chi connectivity index (χ4n) is 3.08. The lowest BCUT2D eigenvalue weighted by atomic mass is 9.92. The van der Waals surface area contributed by atoms with Crippen LogP contribution in [-0.2, 0) is 16.0 Å². The molecule has 25 heavy (non-hydrogen) atoms. The summed E-state index contributed by atoms with van der Waals surface area (Å²) in [4.78, 5) is 16.7. The number of thiazole rings is 1. The first-order valence-corrected chi connectivity index (χ1v) is 9.64. The number of nitrogens with two attached hydrogens (primary N) is 1. The van der Waals surface area contributed by atoms with Gasteiger partial charge in [-0.05, 0) is 37.7 Å². The van der Waals surface area contributed by atoms with Gasteiger partial charge in [-0.15, -0.1) is 11.3 Å². The van der Waals surface area contributed by atoms with E-state index in [1.807, 2.05) is 6.92 Å². The van der Waals surface area contributed by atoms with E-state index in [-0.39, 0.29) is 11.8 Å². The average Bonchev–Trinajstić information content (AvgIpc) is 3.08. The van der Waals surface area contributed by atoms with Gasteiger partial charge in [0, 0.05) is 30.7 Å². The summed E-state index contributed by atoms with van der Waals surface area (Å²) in [5, 5.41) is 6.11. The Hall–Kier alpha value is -1.76. The van der Waals surface area contributed by atoms with Gasteiger partial charge in [0.2, 0.25) is 5.91 Å². The third kappa shape index (κ3) is 4.87. The number of hydrogen-bond donors (Lipinski definition) is 2. The molecule has 3 N–H and O–H groups in total. The van der Waals surface area contributed by atoms with Gasteiger partial charge in [0.15, 0.2) is 0 Å². The topological polar surface area (TPSA) is 77.2 Å². The Morgan fingerprint density at radius 3 is 2.72 bits per heavy atom. The highest BCUT2D eigenvalue weighted by atomic mass is 32.1. The predicted molar refractivity (Wildman–Crippen MR) is 101 cm³/mol. The van der Waals surface area contributed by atoms with E-state index in [9.17, 15) is 4.79 Å². The van der Waals surface area contributed by atoms with Crippen LogP contribution in [0.2, 0.25) is 0 Å². The lowest BCUT2D eigenvalue weighted by Gasteiger charge is -2.26. The summed E-state index contributed by atoms with van der Waals surface area (Å²) in [6, 6.07) is 7.92. The summed E-state index contributed by atoms with van der Waals surface area (Å²) >= 11 is 1.66. The SMILES string of the molecule is Cc1nc(-c2ccc(CCNC(=O)C(N)C3CCOCC3)cc2)cs1. The second-order valence-electron chi connectivity index (χ2n) is 6.47. The van der Waals surface area contributed by atoms with Gasteiger partial charge >= 0.3 is 0 Å². The molecular weight excluding hydrogens is 334 g/mol. The van der Waals surface area contributed by atoms with E-state index in [0.717, 1.165) is 35.5 Å². The number of hydrogen-bond acceptors (Lipinski definition) is 5. The summed E-state index contributed by atoms with van der Waals surface area (Å²) in [6.07, 6.45) is 2.53. The minimum atomic E-state index is -0.431. The highest BCUT2D eigenvalue weighted by molar-refractivity contribution is 7.09. The highest BCUT2D eigenvalue weighted by Gasteiger charge is 2.26. The quantitative estimate of drug-likeness (QED) is 0.831. The van der Waals surface area contributed by atoms with Crippen LogP contribution in [0.4, 0.5) is 0 Å². The fraction of sp³-hybridized carbons (Fsp3) is 0.474. The lowest BCUT2D eigenvalue weighted by Crippen LogP contribution is -2.47. The van der Waals surface area contributed by atoms with E-state index in [1.54, 1.807) is 11.3 Å². The zero-order valence-electron chi connectivity index (χ0n) is 14.5. The Balaban J connectivity index is 1.46. The van der Waals surface area contributed by atoms with Crippen LogP contribution in [0.5, 0.6) is 0 Å². The Morgan fingerprint density at radius 1 is 1.36 bits per heavy atom. The van der Waals surface area contributed by atoms with Gasteiger partial charge in [-0.1, -0.05) is 24.3 Å². The molecule has 1 amide bonds. The fourth-order valence-corrected chi connectivity index (χ4v) is 3.70. The number of benzene rings is 1. The van der Waals surface area contributed by atoms with Gasteiger partial charge in [-0.2, -0.15) is 0 Å². The molecule has 3 rings (SSSR count). The Kier molecular flexibility index (Phi) is 6.18. The normalized spacial score (nSPS) is 16.6. The van der Waals surface area contributed by atoms with Crippen LogP contribution in [0, 0.1) is 12.8 Å². The first-order chi connectivity index (χ1) is 12.1. The van der Waals surface area contributed by atoms with Gasteiger partial charge in [-0.3, -0.25) is 4.79 Å². The Bertz CT molecular complexity index is 693. The van der Waals surface area contributed by atoms with Crippen molar-refractivity contribution < 1.29 is 9.53 Å². The minimum Gasteiger partial charge on any atom is -0.381 e. The monoisotopic (exact) mass is 359 g/mol. The molecule has 1 aliphatic heterocycles. The Labute approximate surface area is 152 Å². The predicted octanol–water partition coefficient (Wildman–Crippen LogP) is 2.53. The van der Waals surface area contributed by atoms with Crippen LogP contribution in [-0.4, -0.2) is 36.7 Å². The van der Waals surface area contributed by atoms with Crippen molar-refractivity contribution in [2.24, 2.45) is 11.7 Å². The zero-order valence-corrected chi connectivity index (χ0v) is 15.3. The van der Waals surface area contributed by atoms with Gasteiger partial charge in [-0.25, -0.2) is 4.98 Å². The van der Waals surface area contributed by atoms with Crippen LogP contribution in [0.15, 0.2) is 29.6 Å². The molecule has 1 saturated heterocycles. The van der Waals surface area contributed by atoms with Crippen molar-refractivity contribution in [3.8, 4) is 11.3 Å². The van der Waals surface area contributed by atoms with Crippen molar-refractivity contribution in [2.75, 3.05) is 19.8 Å². The minimum absolute atomic E-state index is 0.0542. The van der Waals surface area contributed by atoms with E-state index in [4.69, 9.17) is 10.5 Å². The molecule has 1 aromatic carbocycles. The molecule has 1 fully saturated rings. The number of nitrogens with zero attached hydrogens (tertiary/aromatic N) is 1. The van der Waals surface area contributed by atoms with Crippen LogP contribution >= 0.6 is 11.3 Å². The van der Waals surface area contributed by atoms with E-state index in [0.29, 0.717) is 19.8 Å². The molecule has 0 saturated carbocycles. The molecule has 6 heteroatoms. The van der Waals surface area contributed by atoms with Crippen LogP contribution in [0.3, 0.4) is 0 Å². The smallest absolute Gasteiger partial charge is 0.237 e. The van der Waals surface area contributed by atoms with Crippen molar-refractivity contribution in [1.82, 2.24) is 10.3 Å². The molecule has 0 bridgehead atoms. The van der Waals surface area contributed by atoms with Crippen molar-refractivity contribution >= 4 is 17.2 Å². The molecule has 0 aliphatic carbocycles. The van der Waals surface area contributed by atoms with Gasteiger partial charge in [0.05, 0.1) is 16.7 Å². The maximum atomic E-state index is 12.2. The lowest BCUT2D eigenvalue weighted by molar-refractivity contribution is -0.124. The molecule has 134 valence electrons. The number of carbonyl (C=O) groups excluding carboxylic acids is 1. The summed E-state index contributed by atoms with van der Waals surface area (Å²) in [6.45, 7) is 4.02. The standard InChI is InChI=1S/C19H25N3O2S/c1-13-22-17(12-25-13)15-4-2-14(3-5-15)6-9-21-19(23)18(20)16-7-10-24-11-8-16/h2-5,12,16,18H,6-11,20H2,1H3,(H,21,23). The molecule has 2 heterocycles. The number of carbonyl (C=O) groups is 1. The molecule has 2 aromatic rings. The van der Waals surface area contributed by atoms with E-state index in [1.165, 1.54) is 5.56 Å². The van der Waals surface area contributed by atoms with Crippen molar-refractivity contribution in [1.29, 1.82) is 0 Å². The zero-order chi connectivity index (χ0) is 17.6. The molecule has 5 nitrogen and oxygen atoms in total. The van der Waals surface area contributed by atoms with Crippen molar-refractivity contribution in [2.45, 2.75) is 32.2 Å². The molecule has 1 atom stereocenters. The maximum absolute atomic E-state index is 12.2. The van der Waals surface area contributed by atoms with E-state index < -0.39 is 6.04 Å². The largest absolute Gasteiger partial charge is 0.381 e. The number of aryl methyl sites for hydroxylation is 1. The number of nitrogens with one attached hydrogen (secondary N) is 1. The molecular formula is C19H25N3O2S. The van der Waals surface area contributed by atoms with Crippen LogP contribution in [0.1, 0.15) is 23.4 Å².